The van der Waals surface area contributed by atoms with Crippen molar-refractivity contribution in [1.29, 1.82) is 0 Å². The lowest BCUT2D eigenvalue weighted by molar-refractivity contribution is 0.793. The van der Waals surface area contributed by atoms with Gasteiger partial charge in [0.1, 0.15) is 0 Å². The average molecular weight is 390 g/mol. The van der Waals surface area contributed by atoms with Gasteiger partial charge in [-0.2, -0.15) is 0 Å². The molecule has 0 aliphatic rings. The van der Waals surface area contributed by atoms with E-state index >= 15 is 0 Å². The highest BCUT2D eigenvalue weighted by Gasteiger charge is 2.16. The summed E-state index contributed by atoms with van der Waals surface area (Å²) in [5.74, 6) is 1.45. The number of nitrogens with zero attached hydrogens (tertiary/aromatic N) is 5. The Labute approximate surface area is 156 Å². The number of aryl methyl sites for hydroxylation is 1. The molecule has 0 aromatic carbocycles. The second kappa shape index (κ2) is 6.40. The van der Waals surface area contributed by atoms with E-state index < -0.39 is 0 Å². The maximum absolute atomic E-state index is 12.1. The van der Waals surface area contributed by atoms with Gasteiger partial charge in [-0.1, -0.05) is 11.8 Å². The standard InChI is InChI=1S/C16H15N5OS3/c1-9-10(2)24-8-12(9)14-18-19-16(20(14)3)25-7-11-6-13(22)21-4-5-23-15(21)17-11/h4-6,8H,7H2,1-3H3. The van der Waals surface area contributed by atoms with Crippen molar-refractivity contribution < 1.29 is 0 Å². The van der Waals surface area contributed by atoms with Crippen LogP contribution in [0.4, 0.5) is 0 Å². The van der Waals surface area contributed by atoms with Crippen molar-refractivity contribution in [2.45, 2.75) is 24.8 Å². The van der Waals surface area contributed by atoms with Gasteiger partial charge < -0.3 is 4.57 Å². The van der Waals surface area contributed by atoms with Crippen molar-refractivity contribution in [3.63, 3.8) is 0 Å². The number of thioether (sulfide) groups is 1. The normalized spacial score (nSPS) is 11.5. The molecule has 0 radical (unpaired) electrons. The fourth-order valence-corrected chi connectivity index (χ4v) is 4.92. The van der Waals surface area contributed by atoms with Crippen LogP contribution in [0.15, 0.2) is 33.0 Å². The quantitative estimate of drug-likeness (QED) is 0.500. The van der Waals surface area contributed by atoms with Crippen molar-refractivity contribution in [3.8, 4) is 11.4 Å². The molecule has 0 fully saturated rings. The number of hydrogen-bond donors (Lipinski definition) is 0. The molecule has 25 heavy (non-hydrogen) atoms. The number of aromatic nitrogens is 5. The van der Waals surface area contributed by atoms with E-state index in [1.807, 2.05) is 17.0 Å². The molecule has 6 nitrogen and oxygen atoms in total. The van der Waals surface area contributed by atoms with Crippen LogP contribution >= 0.6 is 34.4 Å². The molecular weight excluding hydrogens is 374 g/mol. The number of hydrogen-bond acceptors (Lipinski definition) is 7. The number of rotatable bonds is 4. The average Bonchev–Trinajstić information content (AvgIpc) is 3.28. The van der Waals surface area contributed by atoms with Crippen LogP contribution in [0.1, 0.15) is 16.1 Å². The first kappa shape index (κ1) is 16.5. The molecule has 0 aliphatic carbocycles. The molecule has 0 saturated carbocycles. The lowest BCUT2D eigenvalue weighted by Crippen LogP contribution is -2.12. The summed E-state index contributed by atoms with van der Waals surface area (Å²) in [5, 5.41) is 13.4. The molecule has 128 valence electrons. The molecule has 0 amide bonds. The summed E-state index contributed by atoms with van der Waals surface area (Å²) in [5.41, 5.74) is 3.07. The Morgan fingerprint density at radius 1 is 1.24 bits per heavy atom. The number of fused-ring (bicyclic) bond motifs is 1. The van der Waals surface area contributed by atoms with Gasteiger partial charge in [-0.25, -0.2) is 4.98 Å². The summed E-state index contributed by atoms with van der Waals surface area (Å²) in [6.45, 7) is 4.22. The van der Waals surface area contributed by atoms with Gasteiger partial charge in [0.05, 0.1) is 5.69 Å². The number of thiophene rings is 1. The van der Waals surface area contributed by atoms with Gasteiger partial charge in [-0.3, -0.25) is 9.20 Å². The number of thiazole rings is 1. The Morgan fingerprint density at radius 2 is 2.08 bits per heavy atom. The molecule has 0 unspecified atom stereocenters. The molecule has 0 saturated heterocycles. The lowest BCUT2D eigenvalue weighted by Gasteiger charge is -2.04. The third kappa shape index (κ3) is 2.92. The van der Waals surface area contributed by atoms with E-state index in [1.165, 1.54) is 33.5 Å². The van der Waals surface area contributed by atoms with Crippen LogP contribution in [0, 0.1) is 13.8 Å². The highest BCUT2D eigenvalue weighted by atomic mass is 32.2. The van der Waals surface area contributed by atoms with Crippen molar-refractivity contribution >= 4 is 39.4 Å². The second-order valence-corrected chi connectivity index (χ2v) is 8.53. The molecule has 0 N–H and O–H groups in total. The van der Waals surface area contributed by atoms with E-state index in [9.17, 15) is 4.79 Å². The van der Waals surface area contributed by atoms with Gasteiger partial charge in [0.2, 0.25) is 0 Å². The van der Waals surface area contributed by atoms with Gasteiger partial charge in [-0.05, 0) is 19.4 Å². The summed E-state index contributed by atoms with van der Waals surface area (Å²) in [6, 6.07) is 1.58. The third-order valence-electron chi connectivity index (χ3n) is 4.07. The molecule has 0 aliphatic heterocycles. The maximum Gasteiger partial charge on any atom is 0.258 e. The van der Waals surface area contributed by atoms with Gasteiger partial charge in [0, 0.05) is 46.3 Å². The van der Waals surface area contributed by atoms with Gasteiger partial charge in [-0.15, -0.1) is 32.9 Å². The SMILES string of the molecule is Cc1scc(-c2nnc(SCc3cc(=O)n4ccsc4n3)n2C)c1C. The van der Waals surface area contributed by atoms with Crippen LogP contribution in [-0.2, 0) is 12.8 Å². The smallest absolute Gasteiger partial charge is 0.258 e. The highest BCUT2D eigenvalue weighted by Crippen LogP contribution is 2.31. The minimum atomic E-state index is -0.0510. The highest BCUT2D eigenvalue weighted by molar-refractivity contribution is 7.98. The van der Waals surface area contributed by atoms with Crippen molar-refractivity contribution in [2.24, 2.45) is 7.05 Å². The van der Waals surface area contributed by atoms with Gasteiger partial charge in [0.25, 0.3) is 5.56 Å². The van der Waals surface area contributed by atoms with Crippen molar-refractivity contribution in [2.75, 3.05) is 0 Å². The lowest BCUT2D eigenvalue weighted by atomic mass is 10.2. The molecule has 4 aromatic heterocycles. The monoisotopic (exact) mass is 389 g/mol. The largest absolute Gasteiger partial charge is 0.305 e. The van der Waals surface area contributed by atoms with E-state index in [2.05, 4.69) is 34.4 Å². The summed E-state index contributed by atoms with van der Waals surface area (Å²) in [4.78, 5) is 18.6. The summed E-state index contributed by atoms with van der Waals surface area (Å²) in [6.07, 6.45) is 1.74. The van der Waals surface area contributed by atoms with Crippen molar-refractivity contribution in [1.82, 2.24) is 24.1 Å². The van der Waals surface area contributed by atoms with Gasteiger partial charge >= 0.3 is 0 Å². The first-order valence-corrected chi connectivity index (χ1v) is 10.3. The Bertz CT molecular complexity index is 1120. The molecule has 0 atom stereocenters. The first-order chi connectivity index (χ1) is 12.0. The first-order valence-electron chi connectivity index (χ1n) is 7.57. The van der Waals surface area contributed by atoms with Crippen LogP contribution < -0.4 is 5.56 Å². The molecule has 4 rings (SSSR count). The van der Waals surface area contributed by atoms with Crippen LogP contribution in [0.25, 0.3) is 16.3 Å². The molecule has 4 heterocycles. The Hall–Kier alpha value is -1.97. The topological polar surface area (TPSA) is 65.1 Å². The van der Waals surface area contributed by atoms with Crippen LogP contribution in [0.2, 0.25) is 0 Å². The Balaban J connectivity index is 1.59. The zero-order chi connectivity index (χ0) is 17.6. The fraction of sp³-hybridized carbons (Fsp3) is 0.250. The van der Waals surface area contributed by atoms with Crippen LogP contribution in [0.5, 0.6) is 0 Å². The van der Waals surface area contributed by atoms with E-state index in [0.29, 0.717) is 10.7 Å². The van der Waals surface area contributed by atoms with E-state index in [0.717, 1.165) is 22.2 Å². The van der Waals surface area contributed by atoms with E-state index in [-0.39, 0.29) is 5.56 Å². The van der Waals surface area contributed by atoms with Crippen molar-refractivity contribution in [3.05, 3.63) is 49.5 Å². The summed E-state index contributed by atoms with van der Waals surface area (Å²) < 4.78 is 3.55. The van der Waals surface area contributed by atoms with E-state index in [1.54, 1.807) is 28.0 Å². The third-order valence-corrected chi connectivity index (χ3v) is 6.89. The molecule has 9 heteroatoms. The summed E-state index contributed by atoms with van der Waals surface area (Å²) >= 11 is 4.72. The van der Waals surface area contributed by atoms with Crippen LogP contribution in [0.3, 0.4) is 0 Å². The molecule has 0 spiro atoms. The second-order valence-electron chi connectivity index (χ2n) is 5.63. The van der Waals surface area contributed by atoms with E-state index in [4.69, 9.17) is 0 Å². The maximum atomic E-state index is 12.1. The minimum absolute atomic E-state index is 0.0510. The predicted molar refractivity (Wildman–Crippen MR) is 103 cm³/mol. The Kier molecular flexibility index (Phi) is 4.22. The molecule has 0 bridgehead atoms. The molecule has 4 aromatic rings. The Morgan fingerprint density at radius 3 is 2.84 bits per heavy atom. The zero-order valence-corrected chi connectivity index (χ0v) is 16.3. The fourth-order valence-electron chi connectivity index (χ4n) is 2.51. The minimum Gasteiger partial charge on any atom is -0.305 e. The van der Waals surface area contributed by atoms with Gasteiger partial charge in [0.15, 0.2) is 15.9 Å². The van der Waals surface area contributed by atoms with Crippen LogP contribution in [-0.4, -0.2) is 24.1 Å². The summed E-state index contributed by atoms with van der Waals surface area (Å²) in [7, 11) is 1.97. The molecular formula is C16H15N5OS3. The predicted octanol–water partition coefficient (Wildman–Crippen LogP) is 3.52. The zero-order valence-electron chi connectivity index (χ0n) is 13.9.